The number of rotatable bonds is 19. The smallest absolute Gasteiger partial charge is 0.615 e. The standard InChI is InChI=1S/2C16H11FN4O2.C16H9FN4O.C15H10FN3O.C13H12FN3O.C13H8FNO.C4H8O4.H3N2.Na.H2O4S/c17-12-3-7-15(8-4-12)23-14-5-1-11(2-6-14)16-20-13(10-19-22)9-18-21-16;17-11-3-7-13(8-4-11)23-12-5-1-10(2-6-12)16-20-14(15(18)22)9-19-21-16;17-12-3-7-15(8-4-12)22-14-5-1-11(2-6-14)16-20-13(9-18)10-19-21-16;16-12-3-7-14(8-4-12)20-13-5-1-11(2-6-13)15-17-9-10-18-19-15;14-10-3-7-12(8-4-10)18-11-5-1-9(2-6-11)13(15)17-16;14-11-3-7-13(8-4-11)16-12-5-1-10(9-15)2-6-12;5-3-4(6)8-2-1-7-3;1-2;;1-5(2,3)4/h1-10,22H;1-9H,(H2,18,22);1-8,10H;1-10H;1-8H,16H2,(H2,15,17);1-8H;3-6H,1-2H2;1H,2H2;;(H2,1,2,3,4)/q;;;;;;;-1;+1;/b19-10+;;;;;;;;;. The first-order valence-electron chi connectivity index (χ1n) is 39.0. The van der Waals surface area contributed by atoms with E-state index in [0.29, 0.717) is 122 Å². The van der Waals surface area contributed by atoms with Gasteiger partial charge in [0, 0.05) is 34.0 Å². The third-order valence-corrected chi connectivity index (χ3v) is 16.7. The minimum Gasteiger partial charge on any atom is -0.615 e. The summed E-state index contributed by atoms with van der Waals surface area (Å²) in [5, 5.41) is 80.0. The molecule has 5 heterocycles. The molecule has 1 aliphatic heterocycles. The predicted octanol–water partition coefficient (Wildman–Crippen LogP) is 13.3. The van der Waals surface area contributed by atoms with E-state index in [-0.39, 0.29) is 87.5 Å². The molecular weight excluding hydrogens is 1840 g/mol. The Kier molecular flexibility index (Phi) is 43.1. The van der Waals surface area contributed by atoms with Gasteiger partial charge in [-0.05, 0) is 291 Å². The van der Waals surface area contributed by atoms with Crippen LogP contribution in [0.25, 0.3) is 51.4 Å². The number of amides is 1. The molecule has 0 aliphatic carbocycles. The number of aliphatic hydroxyl groups is 2. The molecule has 2 unspecified atom stereocenters. The van der Waals surface area contributed by atoms with Crippen molar-refractivity contribution in [3.05, 3.63) is 391 Å². The summed E-state index contributed by atoms with van der Waals surface area (Å²) < 4.78 is 151. The maximum atomic E-state index is 12.9. The summed E-state index contributed by atoms with van der Waals surface area (Å²) in [4.78, 5) is 27.5. The number of amidine groups is 1. The molecule has 17 rings (SSSR count). The average Bonchev–Trinajstić information content (AvgIpc) is 0.828. The Hall–Kier alpha value is -17.1. The van der Waals surface area contributed by atoms with Crippen molar-refractivity contribution in [2.45, 2.75) is 12.6 Å². The normalized spacial score (nSPS) is 11.9. The van der Waals surface area contributed by atoms with Crippen LogP contribution in [0.1, 0.15) is 33.0 Å². The molecule has 14 N–H and O–H groups in total. The topological polar surface area (TPSA) is 581 Å². The van der Waals surface area contributed by atoms with E-state index < -0.39 is 28.9 Å². The van der Waals surface area contributed by atoms with Crippen LogP contribution < -0.4 is 81.1 Å². The number of primary amides is 1. The SMILES string of the molecule is Fc1ccc(Oc2ccc(-c3nccnn3)cc2)cc1.N#Cc1ccc(Oc2ccc(F)cc2)cc1.N#Cc1cnnc(-c2ccc(Oc3ccc(F)cc3)cc2)n1.N/N=C(\N)c1ccc(Oc2ccc(F)cc2)cc1.NC(=O)c1cnnc(-c2ccc(Oc3ccc(F)cc3)cc2)n1.O/N=C/c1cnnc(-c2ccc(Oc3ccc(F)cc3)cc2)n1.O=S(=O)(O)O.OC1OCCOC1O.[NH-]N.[Na+]. The third-order valence-electron chi connectivity index (χ3n) is 16.7. The zero-order valence-corrected chi connectivity index (χ0v) is 74.4. The van der Waals surface area contributed by atoms with Crippen molar-refractivity contribution in [2.24, 2.45) is 33.4 Å². The predicted molar refractivity (Wildman–Crippen MR) is 482 cm³/mol. The fourth-order valence-corrected chi connectivity index (χ4v) is 10.4. The quantitative estimate of drug-likeness (QED) is 0.00530. The molecule has 1 saturated heterocycles. The number of halogens is 6. The molecule has 12 aromatic carbocycles. The molecular formula is C93H74F6N21NaO16S. The van der Waals surface area contributed by atoms with Crippen molar-refractivity contribution in [1.82, 2.24) is 60.7 Å². The van der Waals surface area contributed by atoms with Gasteiger partial charge in [0.05, 0.1) is 55.8 Å². The molecule has 37 nitrogen and oxygen atoms in total. The molecule has 138 heavy (non-hydrogen) atoms. The van der Waals surface area contributed by atoms with Gasteiger partial charge in [0.1, 0.15) is 121 Å². The zero-order valence-electron chi connectivity index (χ0n) is 71.6. The van der Waals surface area contributed by atoms with Gasteiger partial charge >= 0.3 is 40.0 Å². The second-order valence-electron chi connectivity index (χ2n) is 26.3. The van der Waals surface area contributed by atoms with E-state index in [1.807, 2.05) is 24.3 Å². The number of carbonyl (C=O) groups is 1. The second kappa shape index (κ2) is 56.0. The summed E-state index contributed by atoms with van der Waals surface area (Å²) in [6.07, 6.45) is 5.85. The van der Waals surface area contributed by atoms with Crippen molar-refractivity contribution < 1.29 is 132 Å². The molecule has 45 heteroatoms. The summed E-state index contributed by atoms with van der Waals surface area (Å²) >= 11 is 0. The Bertz CT molecular complexity index is 6700. The minimum absolute atomic E-state index is 0. The Morgan fingerprint density at radius 2 is 0.681 bits per heavy atom. The van der Waals surface area contributed by atoms with E-state index in [2.05, 4.69) is 86.3 Å². The van der Waals surface area contributed by atoms with Crippen LogP contribution >= 0.6 is 0 Å². The first-order chi connectivity index (χ1) is 66.2. The number of nitrogens with two attached hydrogens (primary N) is 4. The van der Waals surface area contributed by atoms with Crippen LogP contribution in [0.2, 0.25) is 0 Å². The first-order valence-corrected chi connectivity index (χ1v) is 40.4. The van der Waals surface area contributed by atoms with Crippen LogP contribution in [0.15, 0.2) is 332 Å². The van der Waals surface area contributed by atoms with Crippen LogP contribution in [-0.2, 0) is 19.9 Å². The van der Waals surface area contributed by atoms with Crippen molar-refractivity contribution in [3.8, 4) is 127 Å². The van der Waals surface area contributed by atoms with Gasteiger partial charge in [-0.1, -0.05) is 5.16 Å². The maximum absolute atomic E-state index is 12.9. The van der Waals surface area contributed by atoms with E-state index in [0.717, 1.165) is 16.7 Å². The number of benzene rings is 12. The van der Waals surface area contributed by atoms with Gasteiger partial charge in [-0.3, -0.25) is 13.9 Å². The number of hydrogen-bond acceptors (Lipinski definition) is 32. The van der Waals surface area contributed by atoms with Gasteiger partial charge in [-0.25, -0.2) is 46.3 Å². The van der Waals surface area contributed by atoms with Crippen LogP contribution in [0, 0.1) is 57.6 Å². The van der Waals surface area contributed by atoms with Crippen LogP contribution in [0.4, 0.5) is 26.3 Å². The second-order valence-corrected chi connectivity index (χ2v) is 27.2. The molecule has 4 aromatic heterocycles. The molecule has 1 aliphatic rings. The third kappa shape index (κ3) is 37.9. The number of nitrogens with zero attached hydrogens (tertiary/aromatic N) is 16. The maximum Gasteiger partial charge on any atom is 1.00 e. The molecule has 16 aromatic rings. The molecule has 1 amide bonds. The Morgan fingerprint density at radius 1 is 0.406 bits per heavy atom. The van der Waals surface area contributed by atoms with Gasteiger partial charge < -0.3 is 82.3 Å². The average molecular weight is 1910 g/mol. The fourth-order valence-electron chi connectivity index (χ4n) is 10.4. The fraction of sp³-hybridized carbons (Fsp3) is 0.0430. The number of nitriles is 2. The number of oxime groups is 1. The molecule has 0 bridgehead atoms. The largest absolute Gasteiger partial charge is 1.00 e. The minimum atomic E-state index is -4.67. The molecule has 0 radical (unpaired) electrons. The molecule has 0 spiro atoms. The van der Waals surface area contributed by atoms with E-state index in [4.69, 9.17) is 95.0 Å². The van der Waals surface area contributed by atoms with Gasteiger partial charge in [0.25, 0.3) is 5.91 Å². The zero-order chi connectivity index (χ0) is 98.3. The Morgan fingerprint density at radius 3 is 0.964 bits per heavy atom. The summed E-state index contributed by atoms with van der Waals surface area (Å²) in [5.41, 5.74) is 15.6. The molecule has 1 fully saturated rings. The van der Waals surface area contributed by atoms with Crippen molar-refractivity contribution in [3.63, 3.8) is 0 Å². The van der Waals surface area contributed by atoms with Gasteiger partial charge in [0.15, 0.2) is 34.7 Å². The van der Waals surface area contributed by atoms with Crippen LogP contribution in [-0.4, -0.2) is 137 Å². The Balaban J connectivity index is 0.000000197. The van der Waals surface area contributed by atoms with Gasteiger partial charge in [-0.2, -0.15) is 44.4 Å². The van der Waals surface area contributed by atoms with E-state index in [1.54, 1.807) is 200 Å². The van der Waals surface area contributed by atoms with E-state index in [1.165, 1.54) is 116 Å². The number of hydrazone groups is 1. The number of aliphatic hydroxyl groups excluding tert-OH is 2. The summed E-state index contributed by atoms with van der Waals surface area (Å²) in [7, 11) is -4.67. The number of carbonyl (C=O) groups excluding carboxylic acids is 1. The van der Waals surface area contributed by atoms with Crippen molar-refractivity contribution >= 4 is 28.4 Å². The van der Waals surface area contributed by atoms with Crippen molar-refractivity contribution in [2.75, 3.05) is 13.2 Å². The monoisotopic (exact) mass is 1910 g/mol. The van der Waals surface area contributed by atoms with E-state index >= 15 is 0 Å². The molecule has 2 atom stereocenters. The summed E-state index contributed by atoms with van der Waals surface area (Å²) in [6.45, 7) is 0.691. The number of aromatic nitrogens is 12. The summed E-state index contributed by atoms with van der Waals surface area (Å²) in [6, 6.07) is 80.4. The molecule has 0 saturated carbocycles. The molecule has 696 valence electrons. The Labute approximate surface area is 803 Å². The van der Waals surface area contributed by atoms with Crippen LogP contribution in [0.3, 0.4) is 0 Å². The van der Waals surface area contributed by atoms with Crippen LogP contribution in [0.5, 0.6) is 69.0 Å². The number of nitrogens with one attached hydrogen (secondary N) is 1. The van der Waals surface area contributed by atoms with E-state index in [9.17, 15) is 31.1 Å². The van der Waals surface area contributed by atoms with Crippen molar-refractivity contribution in [1.29, 1.82) is 10.5 Å². The first kappa shape index (κ1) is 106. The van der Waals surface area contributed by atoms with Gasteiger partial charge in [-0.15, -0.1) is 20.4 Å². The summed E-state index contributed by atoms with van der Waals surface area (Å²) in [5.74, 6) is 20.4. The number of hydrogen-bond donors (Lipinski definition) is 9. The van der Waals surface area contributed by atoms with Gasteiger partial charge in [0.2, 0.25) is 12.6 Å². The number of ether oxygens (including phenoxy) is 8.